The zero-order chi connectivity index (χ0) is 24.4. The molecule has 0 saturated heterocycles. The van der Waals surface area contributed by atoms with Gasteiger partial charge in [-0.05, 0) is 62.3 Å². The fourth-order valence-electron chi connectivity index (χ4n) is 5.46. The SMILES string of the molecule is COc1cc2c(cn1)N(C(=O)c1cc3[nH]c(=O)c4cnc(C5CC(C(C)O)C5)n4c3cc1C)CC2. The summed E-state index contributed by atoms with van der Waals surface area (Å²) in [5, 5.41) is 9.88. The second kappa shape index (κ2) is 7.91. The number of aliphatic hydroxyl groups excluding tert-OH is 1. The number of aliphatic hydroxyl groups is 1. The minimum atomic E-state index is -0.347. The van der Waals surface area contributed by atoms with Crippen LogP contribution in [0.15, 0.2) is 35.4 Å². The van der Waals surface area contributed by atoms with Gasteiger partial charge in [0.05, 0.1) is 42.3 Å². The van der Waals surface area contributed by atoms with E-state index < -0.39 is 0 Å². The first-order valence-electron chi connectivity index (χ1n) is 11.9. The third kappa shape index (κ3) is 3.33. The number of rotatable bonds is 4. The largest absolute Gasteiger partial charge is 0.481 e. The highest BCUT2D eigenvalue weighted by atomic mass is 16.5. The standard InChI is InChI=1S/C26H27N5O4/c1-13-6-20-19(10-18(13)26(34)30-5-4-15-9-23(35-3)27-11-21(15)30)29-25(33)22-12-28-24(31(20)22)17-7-16(8-17)14(2)32/h6,9-12,14,16-17,32H,4-5,7-8H2,1-3H3,(H,29,33). The van der Waals surface area contributed by atoms with Crippen LogP contribution in [-0.2, 0) is 6.42 Å². The van der Waals surface area contributed by atoms with Crippen molar-refractivity contribution in [1.29, 1.82) is 0 Å². The third-order valence-corrected chi connectivity index (χ3v) is 7.60. The van der Waals surface area contributed by atoms with E-state index in [0.29, 0.717) is 29.0 Å². The summed E-state index contributed by atoms with van der Waals surface area (Å²) in [6, 6.07) is 5.59. The number of aryl methyl sites for hydroxylation is 1. The Hall–Kier alpha value is -3.72. The lowest BCUT2D eigenvalue weighted by Gasteiger charge is -2.36. The van der Waals surface area contributed by atoms with Crippen LogP contribution in [0.1, 0.15) is 53.0 Å². The number of methoxy groups -OCH3 is 1. The summed E-state index contributed by atoms with van der Waals surface area (Å²) in [5.74, 6) is 1.68. The Balaban J connectivity index is 1.42. The van der Waals surface area contributed by atoms with Crippen LogP contribution in [0.2, 0.25) is 0 Å². The fraction of sp³-hybridized carbons (Fsp3) is 0.385. The maximum Gasteiger partial charge on any atom is 0.274 e. The van der Waals surface area contributed by atoms with E-state index in [1.54, 1.807) is 30.5 Å². The van der Waals surface area contributed by atoms with Crippen molar-refractivity contribution in [3.63, 3.8) is 0 Å². The molecular weight excluding hydrogens is 446 g/mol. The van der Waals surface area contributed by atoms with E-state index in [1.807, 2.05) is 30.4 Å². The van der Waals surface area contributed by atoms with Gasteiger partial charge >= 0.3 is 0 Å². The predicted molar refractivity (Wildman–Crippen MR) is 131 cm³/mol. The second-order valence-electron chi connectivity index (χ2n) is 9.71. The molecule has 4 aromatic rings. The van der Waals surface area contributed by atoms with E-state index in [4.69, 9.17) is 4.74 Å². The van der Waals surface area contributed by atoms with Crippen LogP contribution < -0.4 is 15.2 Å². The van der Waals surface area contributed by atoms with Crippen molar-refractivity contribution in [2.75, 3.05) is 18.6 Å². The van der Waals surface area contributed by atoms with Gasteiger partial charge in [-0.25, -0.2) is 9.97 Å². The lowest BCUT2D eigenvalue weighted by atomic mass is 9.72. The van der Waals surface area contributed by atoms with Crippen LogP contribution in [-0.4, -0.2) is 50.1 Å². The van der Waals surface area contributed by atoms with E-state index >= 15 is 0 Å². The molecule has 4 heterocycles. The van der Waals surface area contributed by atoms with Crippen LogP contribution >= 0.6 is 0 Å². The molecule has 1 amide bonds. The molecule has 1 fully saturated rings. The van der Waals surface area contributed by atoms with Crippen molar-refractivity contribution in [2.24, 2.45) is 5.92 Å². The Morgan fingerprint density at radius 2 is 2.00 bits per heavy atom. The number of hydrogen-bond donors (Lipinski definition) is 2. The van der Waals surface area contributed by atoms with Crippen molar-refractivity contribution < 1.29 is 14.6 Å². The van der Waals surface area contributed by atoms with Crippen LogP contribution in [0.25, 0.3) is 16.6 Å². The maximum absolute atomic E-state index is 13.6. The Kier molecular flexibility index (Phi) is 4.93. The molecule has 180 valence electrons. The van der Waals surface area contributed by atoms with Crippen molar-refractivity contribution in [3.05, 3.63) is 63.5 Å². The quantitative estimate of drug-likeness (QED) is 0.471. The molecule has 0 radical (unpaired) electrons. The van der Waals surface area contributed by atoms with E-state index in [1.165, 1.54) is 0 Å². The van der Waals surface area contributed by atoms with Crippen LogP contribution in [0.5, 0.6) is 5.88 Å². The number of imidazole rings is 1. The Morgan fingerprint density at radius 1 is 1.20 bits per heavy atom. The summed E-state index contributed by atoms with van der Waals surface area (Å²) >= 11 is 0. The Labute approximate surface area is 201 Å². The molecule has 1 unspecified atom stereocenters. The average Bonchev–Trinajstić information content (AvgIpc) is 3.42. The molecule has 1 atom stereocenters. The summed E-state index contributed by atoms with van der Waals surface area (Å²) in [6.07, 6.45) is 5.36. The number of pyridine rings is 1. The molecule has 35 heavy (non-hydrogen) atoms. The Bertz CT molecular complexity index is 1550. The van der Waals surface area contributed by atoms with Gasteiger partial charge in [-0.2, -0.15) is 0 Å². The fourth-order valence-corrected chi connectivity index (χ4v) is 5.46. The van der Waals surface area contributed by atoms with Crippen molar-refractivity contribution in [2.45, 2.75) is 45.1 Å². The normalized spacial score (nSPS) is 20.2. The molecule has 2 aliphatic rings. The molecule has 1 aliphatic carbocycles. The highest BCUT2D eigenvalue weighted by molar-refractivity contribution is 6.09. The van der Waals surface area contributed by atoms with Crippen LogP contribution in [0, 0.1) is 12.8 Å². The van der Waals surface area contributed by atoms with Gasteiger partial charge in [0.15, 0.2) is 0 Å². The van der Waals surface area contributed by atoms with E-state index in [2.05, 4.69) is 15.0 Å². The number of nitrogens with one attached hydrogen (secondary N) is 1. The zero-order valence-corrected chi connectivity index (χ0v) is 19.9. The number of carbonyl (C=O) groups excluding carboxylic acids is 1. The van der Waals surface area contributed by atoms with Gasteiger partial charge in [-0.15, -0.1) is 0 Å². The molecule has 0 bridgehead atoms. The predicted octanol–water partition coefficient (Wildman–Crippen LogP) is 2.97. The van der Waals surface area contributed by atoms with Gasteiger partial charge in [0.2, 0.25) is 5.88 Å². The van der Waals surface area contributed by atoms with E-state index in [9.17, 15) is 14.7 Å². The van der Waals surface area contributed by atoms with Gasteiger partial charge in [0.1, 0.15) is 11.3 Å². The number of anilines is 1. The van der Waals surface area contributed by atoms with Crippen molar-refractivity contribution >= 4 is 28.1 Å². The molecule has 3 aromatic heterocycles. The highest BCUT2D eigenvalue weighted by Crippen LogP contribution is 2.43. The molecule has 1 aliphatic heterocycles. The van der Waals surface area contributed by atoms with Crippen LogP contribution in [0.3, 0.4) is 0 Å². The number of aromatic nitrogens is 4. The second-order valence-corrected chi connectivity index (χ2v) is 9.71. The summed E-state index contributed by atoms with van der Waals surface area (Å²) < 4.78 is 7.13. The number of H-pyrrole nitrogens is 1. The monoisotopic (exact) mass is 473 g/mol. The molecule has 6 rings (SSSR count). The molecule has 0 spiro atoms. The third-order valence-electron chi connectivity index (χ3n) is 7.60. The summed E-state index contributed by atoms with van der Waals surface area (Å²) in [5.41, 5.74) is 4.82. The minimum absolute atomic E-state index is 0.124. The number of nitrogens with zero attached hydrogens (tertiary/aromatic N) is 4. The lowest BCUT2D eigenvalue weighted by Crippen LogP contribution is -2.31. The first-order valence-corrected chi connectivity index (χ1v) is 11.9. The highest BCUT2D eigenvalue weighted by Gasteiger charge is 2.36. The smallest absolute Gasteiger partial charge is 0.274 e. The lowest BCUT2D eigenvalue weighted by molar-refractivity contribution is 0.0618. The number of hydrogen-bond acceptors (Lipinski definition) is 6. The molecule has 2 N–H and O–H groups in total. The van der Waals surface area contributed by atoms with Crippen molar-refractivity contribution in [3.8, 4) is 5.88 Å². The molecule has 1 aromatic carbocycles. The maximum atomic E-state index is 13.6. The van der Waals surface area contributed by atoms with Gasteiger partial charge < -0.3 is 19.7 Å². The van der Waals surface area contributed by atoms with Gasteiger partial charge in [-0.1, -0.05) is 0 Å². The first-order chi connectivity index (χ1) is 16.9. The van der Waals surface area contributed by atoms with Crippen molar-refractivity contribution in [1.82, 2.24) is 19.4 Å². The van der Waals surface area contributed by atoms with E-state index in [-0.39, 0.29) is 29.4 Å². The number of aromatic amines is 1. The topological polar surface area (TPSA) is 113 Å². The summed E-state index contributed by atoms with van der Waals surface area (Å²) in [4.78, 5) is 40.0. The number of fused-ring (bicyclic) bond motifs is 4. The van der Waals surface area contributed by atoms with Gasteiger partial charge in [0, 0.05) is 24.1 Å². The number of ether oxygens (including phenoxy) is 1. The van der Waals surface area contributed by atoms with E-state index in [0.717, 1.165) is 47.4 Å². The molecule has 1 saturated carbocycles. The first kappa shape index (κ1) is 21.8. The number of benzene rings is 1. The van der Waals surface area contributed by atoms with Gasteiger partial charge in [0.25, 0.3) is 11.5 Å². The number of amides is 1. The van der Waals surface area contributed by atoms with Crippen LogP contribution in [0.4, 0.5) is 5.69 Å². The zero-order valence-electron chi connectivity index (χ0n) is 19.9. The minimum Gasteiger partial charge on any atom is -0.481 e. The van der Waals surface area contributed by atoms with Gasteiger partial charge in [-0.3, -0.25) is 14.0 Å². The summed E-state index contributed by atoms with van der Waals surface area (Å²) in [6.45, 7) is 4.29. The Morgan fingerprint density at radius 3 is 2.74 bits per heavy atom. The molecular formula is C26H27N5O4. The summed E-state index contributed by atoms with van der Waals surface area (Å²) in [7, 11) is 1.57. The number of carbonyl (C=O) groups is 1. The molecule has 9 nitrogen and oxygen atoms in total. The average molecular weight is 474 g/mol. The molecule has 9 heteroatoms.